The number of aromatic nitrogens is 10. The van der Waals surface area contributed by atoms with Crippen molar-refractivity contribution in [3.05, 3.63) is 297 Å². The standard InChI is InChI=1S/C26H29N2O.C25H27N2O.C24H27N2O.C23H25N2O.C22H23N2O/c1-4-18-11-15-23(28(3)16-18)24-17(2)10-12-20-21-13-14-22(19-8-6-5-7-9-19)27-26(21)29-25(20)24;1-4-17-10-14-22(27(3)15-17)23-16(2)9-11-19-20-12-13-21(18-7-5-6-8-18)26-25(20)28-24(19)23;1-14(2)17-8-12-21(26(6)13-17)22-16(5)7-9-18-19-10-11-20(15(3)4)25-24(19)27-23(18)22;1-6-17-9-11-19-18-10-7-15(4)21(22(18)26-23(19)24-17)20-12-8-16(14(2)3)13-25(20)5;1-13(2)16-8-11-19(24(5)12-16)20-14(3)6-9-17-18-10-7-15(4)23-22(18)25-21(17)20/h10-16,19H,4-9H2,1-3H3;9-15,18H,4-8H2,1-3H3;7-15H,1-6H3;7-14H,6H2,1-5H3;6-13H,1-5H3/q5*+1/i1D3,8D2,9D2,19D;1D3,7D2,18D;15D;;. The molecular formula is C120H131N10O5+5. The van der Waals surface area contributed by atoms with Gasteiger partial charge in [-0.05, 0) is 229 Å². The van der Waals surface area contributed by atoms with Crippen LogP contribution in [0.5, 0.6) is 0 Å². The topological polar surface area (TPSA) is 150 Å². The Hall–Kier alpha value is -13.4. The maximum Gasteiger partial charge on any atom is 0.227 e. The smallest absolute Gasteiger partial charge is 0.227 e. The Balaban J connectivity index is 0.000000123. The quantitative estimate of drug-likeness (QED) is 0.0963. The monoisotopic (exact) mass is 1810 g/mol. The molecule has 20 aromatic rings. The minimum absolute atomic E-state index is 0.00397. The summed E-state index contributed by atoms with van der Waals surface area (Å²) < 4.78 is 164. The van der Waals surface area contributed by atoms with Crippen molar-refractivity contribution in [2.75, 3.05) is 0 Å². The van der Waals surface area contributed by atoms with Gasteiger partial charge in [0.15, 0.2) is 58.9 Å². The summed E-state index contributed by atoms with van der Waals surface area (Å²) in [6.07, 6.45) is 7.33. The lowest BCUT2D eigenvalue weighted by Crippen LogP contribution is -2.31. The minimum atomic E-state index is -2.17. The molecule has 2 aliphatic rings. The summed E-state index contributed by atoms with van der Waals surface area (Å²) in [4.78, 5) is 23.1. The fourth-order valence-electron chi connectivity index (χ4n) is 18.9. The number of benzene rings is 5. The normalized spacial score (nSPS) is 17.5. The molecule has 22 rings (SSSR count). The molecule has 686 valence electrons. The van der Waals surface area contributed by atoms with Crippen molar-refractivity contribution in [1.29, 1.82) is 0 Å². The fourth-order valence-corrected chi connectivity index (χ4v) is 18.9. The van der Waals surface area contributed by atoms with Gasteiger partial charge in [0.25, 0.3) is 0 Å². The first-order valence-corrected chi connectivity index (χ1v) is 47.2. The Morgan fingerprint density at radius 1 is 0.326 bits per heavy atom. The highest BCUT2D eigenvalue weighted by molar-refractivity contribution is 6.13. The molecule has 15 heterocycles. The van der Waals surface area contributed by atoms with E-state index in [9.17, 15) is 0 Å². The van der Waals surface area contributed by atoms with Crippen molar-refractivity contribution in [2.24, 2.45) is 35.2 Å². The summed E-state index contributed by atoms with van der Waals surface area (Å²) in [5.41, 5.74) is 31.0. The van der Waals surface area contributed by atoms with Crippen molar-refractivity contribution in [3.8, 4) is 56.3 Å². The number of hydrogen-bond acceptors (Lipinski definition) is 10. The third kappa shape index (κ3) is 18.0. The summed E-state index contributed by atoms with van der Waals surface area (Å²) >= 11 is 0. The molecule has 15 aromatic heterocycles. The molecule has 0 bridgehead atoms. The molecule has 1 unspecified atom stereocenters. The summed E-state index contributed by atoms with van der Waals surface area (Å²) in [5, 5.41) is 9.68. The van der Waals surface area contributed by atoms with Crippen LogP contribution in [-0.2, 0) is 54.5 Å². The van der Waals surface area contributed by atoms with Gasteiger partial charge < -0.3 is 22.1 Å². The van der Waals surface area contributed by atoms with Gasteiger partial charge in [-0.1, -0.05) is 169 Å². The number of pyridine rings is 10. The van der Waals surface area contributed by atoms with Crippen molar-refractivity contribution < 1.29 is 65.5 Å². The molecule has 0 spiro atoms. The molecular weight excluding hydrogens is 1660 g/mol. The minimum Gasteiger partial charge on any atom is -0.437 e. The van der Waals surface area contributed by atoms with Gasteiger partial charge >= 0.3 is 0 Å². The predicted octanol–water partition coefficient (Wildman–Crippen LogP) is 29.1. The predicted molar refractivity (Wildman–Crippen MR) is 551 cm³/mol. The van der Waals surface area contributed by atoms with E-state index in [1.165, 1.54) is 33.4 Å². The van der Waals surface area contributed by atoms with E-state index in [1.54, 1.807) is 30.5 Å². The zero-order chi connectivity index (χ0) is 108. The summed E-state index contributed by atoms with van der Waals surface area (Å²) in [6, 6.07) is 60.7. The van der Waals surface area contributed by atoms with Crippen molar-refractivity contribution >= 4 is 110 Å². The van der Waals surface area contributed by atoms with Crippen LogP contribution in [0.2, 0.25) is 0 Å². The molecule has 2 fully saturated rings. The average Bonchev–Trinajstić information content (AvgIpc) is 1.11. The van der Waals surface area contributed by atoms with E-state index in [0.717, 1.165) is 162 Å². The van der Waals surface area contributed by atoms with Gasteiger partial charge in [0.05, 0.1) is 27.8 Å². The maximum atomic E-state index is 9.00. The van der Waals surface area contributed by atoms with E-state index in [0.29, 0.717) is 94.1 Å². The molecule has 15 nitrogen and oxygen atoms in total. The van der Waals surface area contributed by atoms with Gasteiger partial charge in [-0.3, -0.25) is 0 Å². The molecule has 2 aliphatic carbocycles. The highest BCUT2D eigenvalue weighted by Gasteiger charge is 2.31. The summed E-state index contributed by atoms with van der Waals surface area (Å²) in [5.74, 6) is -2.81. The first-order valence-electron chi connectivity index (χ1n) is 54.7. The van der Waals surface area contributed by atoms with Crippen LogP contribution in [0.25, 0.3) is 167 Å². The molecule has 0 saturated heterocycles. The zero-order valence-electron chi connectivity index (χ0n) is 96.3. The van der Waals surface area contributed by atoms with Crippen LogP contribution in [0, 0.1) is 41.5 Å². The molecule has 2 saturated carbocycles. The highest BCUT2D eigenvalue weighted by atomic mass is 16.4. The second-order valence-electron chi connectivity index (χ2n) is 37.5. The number of rotatable bonds is 14. The van der Waals surface area contributed by atoms with Crippen molar-refractivity contribution in [1.82, 2.24) is 24.9 Å². The van der Waals surface area contributed by atoms with Gasteiger partial charge in [0.2, 0.25) is 57.0 Å². The van der Waals surface area contributed by atoms with Gasteiger partial charge in [-0.25, -0.2) is 47.8 Å². The molecule has 0 radical (unpaired) electrons. The van der Waals surface area contributed by atoms with E-state index in [4.69, 9.17) is 42.6 Å². The van der Waals surface area contributed by atoms with Crippen molar-refractivity contribution in [3.63, 3.8) is 0 Å². The van der Waals surface area contributed by atoms with Gasteiger partial charge in [0.1, 0.15) is 35.2 Å². The third-order valence-corrected chi connectivity index (χ3v) is 26.7. The number of hydrogen-bond donors (Lipinski definition) is 0. The van der Waals surface area contributed by atoms with Crippen LogP contribution in [0.4, 0.5) is 0 Å². The van der Waals surface area contributed by atoms with E-state index < -0.39 is 50.5 Å². The number of fused-ring (bicyclic) bond motifs is 15. The van der Waals surface area contributed by atoms with E-state index in [-0.39, 0.29) is 37.1 Å². The molecule has 15 heteroatoms. The number of aryl methyl sites for hydroxylation is 14. The van der Waals surface area contributed by atoms with Crippen molar-refractivity contribution in [2.45, 2.75) is 230 Å². The Morgan fingerprint density at radius 2 is 0.637 bits per heavy atom. The number of furan rings is 5. The molecule has 135 heavy (non-hydrogen) atoms. The fraction of sp³-hybridized carbons (Fsp3) is 0.333. The Bertz CT molecular complexity index is 8680. The SMILES string of the molecule is CCc1ccc2c(n1)oc1c(-c3ccc(C(C)C)c[n+]3C)c(C)ccc12.Cc1ccc2c(n1)oc1c(-c3ccc(C(C)C)c[n+]3C)c(C)ccc12.[2H]C(C)(C)c1ccc2c(n1)oc1c(-c3ccc(C(C)C)c[n+]3C)c(C)ccc12.[2H]C([2H])([2H])Cc1ccc(-c2c(C)ccc3c2oc2nc(C4([2H])C([2H])([2H])CCCC4([2H])[2H])ccc23)[n+](C)c1.[2H]C([2H])([2H])Cc1ccc(-c2c(C)ccc3c2oc2nc(C4([2H])CCCC4([2H])[2H])ccc23)[n+](C)c1. The largest absolute Gasteiger partial charge is 0.437 e. The second-order valence-corrected chi connectivity index (χ2v) is 37.5. The highest BCUT2D eigenvalue weighted by Crippen LogP contribution is 2.45. The Morgan fingerprint density at radius 3 is 0.978 bits per heavy atom. The van der Waals surface area contributed by atoms with Crippen LogP contribution < -0.4 is 22.8 Å². The van der Waals surface area contributed by atoms with Gasteiger partial charge in [0, 0.05) is 173 Å². The summed E-state index contributed by atoms with van der Waals surface area (Å²) in [6.45, 7) is 27.3. The van der Waals surface area contributed by atoms with E-state index in [2.05, 4.69) is 239 Å². The Labute approximate surface area is 815 Å². The van der Waals surface area contributed by atoms with E-state index >= 15 is 0 Å². The zero-order valence-corrected chi connectivity index (χ0v) is 81.3. The first-order chi connectivity index (χ1) is 70.6. The van der Waals surface area contributed by atoms with Gasteiger partial charge in [-0.2, -0.15) is 0 Å². The lowest BCUT2D eigenvalue weighted by atomic mass is 9.86. The van der Waals surface area contributed by atoms with Gasteiger partial charge in [-0.15, -0.1) is 0 Å². The second kappa shape index (κ2) is 38.5. The van der Waals surface area contributed by atoms with E-state index in [1.807, 2.05) is 131 Å². The molecule has 0 aliphatic heterocycles. The molecule has 1 atom stereocenters. The Kier molecular flexibility index (Phi) is 21.4. The first kappa shape index (κ1) is 75.0. The molecule has 5 aromatic carbocycles. The number of nitrogens with zero attached hydrogens (tertiary/aromatic N) is 10. The van der Waals surface area contributed by atoms with Crippen LogP contribution in [0.15, 0.2) is 235 Å². The maximum absolute atomic E-state index is 9.00. The lowest BCUT2D eigenvalue weighted by molar-refractivity contribution is -0.661. The van der Waals surface area contributed by atoms with Crippen LogP contribution >= 0.6 is 0 Å². The third-order valence-electron chi connectivity index (χ3n) is 26.7. The summed E-state index contributed by atoms with van der Waals surface area (Å²) in [7, 11) is 10.0. The lowest BCUT2D eigenvalue weighted by Gasteiger charge is -2.20. The average molecular weight is 1810 g/mol. The van der Waals surface area contributed by atoms with Crippen LogP contribution in [-0.4, -0.2) is 24.9 Å². The molecule has 0 N–H and O–H groups in total. The van der Waals surface area contributed by atoms with Crippen LogP contribution in [0.1, 0.15) is 274 Å². The molecule has 0 amide bonds. The van der Waals surface area contributed by atoms with Crippen LogP contribution in [0.3, 0.4) is 0 Å².